The summed E-state index contributed by atoms with van der Waals surface area (Å²) in [6, 6.07) is 3.65. The van der Waals surface area contributed by atoms with Crippen molar-refractivity contribution in [3.8, 4) is 10.9 Å². The van der Waals surface area contributed by atoms with E-state index in [1.54, 1.807) is 0 Å². The molecule has 2 aromatic rings. The number of Topliss-reactive ketones (excluding diaryl/α,β-unsaturated/α-hetero) is 2. The highest BCUT2D eigenvalue weighted by Crippen LogP contribution is 2.53. The third-order valence-electron chi connectivity index (χ3n) is 6.18. The molecule has 1 aliphatic carbocycles. The maximum Gasteiger partial charge on any atom is 0.279 e. The van der Waals surface area contributed by atoms with Crippen LogP contribution in [-0.2, 0) is 14.3 Å². The highest BCUT2D eigenvalue weighted by atomic mass is 32.1. The van der Waals surface area contributed by atoms with E-state index in [4.69, 9.17) is 9.47 Å². The number of fused-ring (bicyclic) bond motifs is 5. The number of aldehydes is 1. The van der Waals surface area contributed by atoms with Crippen molar-refractivity contribution in [2.24, 2.45) is 11.8 Å². The minimum Gasteiger partial charge on any atom is -0.431 e. The summed E-state index contributed by atoms with van der Waals surface area (Å²) < 4.78 is 11.6. The Kier molecular flexibility index (Phi) is 4.00. The van der Waals surface area contributed by atoms with Crippen molar-refractivity contribution in [3.63, 3.8) is 0 Å². The van der Waals surface area contributed by atoms with Crippen molar-refractivity contribution in [3.05, 3.63) is 39.9 Å². The Bertz CT molecular complexity index is 961. The second kappa shape index (κ2) is 6.32. The van der Waals surface area contributed by atoms with Crippen molar-refractivity contribution in [2.45, 2.75) is 44.8 Å². The number of thiazole rings is 1. The van der Waals surface area contributed by atoms with Crippen LogP contribution in [0.2, 0.25) is 0 Å². The second-order valence-corrected chi connectivity index (χ2v) is 8.82. The fraction of sp³-hybridized carbons (Fsp3) is 0.429. The lowest BCUT2D eigenvalue weighted by atomic mass is 9.81. The molecular formula is C21H19NO5S. The first kappa shape index (κ1) is 17.7. The monoisotopic (exact) mass is 397 g/mol. The Balaban J connectivity index is 1.47. The molecule has 7 heteroatoms. The largest absolute Gasteiger partial charge is 0.431 e. The van der Waals surface area contributed by atoms with Crippen LogP contribution in [0.1, 0.15) is 45.1 Å². The molecule has 1 saturated carbocycles. The highest BCUT2D eigenvalue weighted by molar-refractivity contribution is 7.15. The summed E-state index contributed by atoms with van der Waals surface area (Å²) in [4.78, 5) is 41.6. The predicted octanol–water partition coefficient (Wildman–Crippen LogP) is 3.39. The molecule has 1 aromatic heterocycles. The Hall–Kier alpha value is -2.38. The normalized spacial score (nSPS) is 30.7. The molecular weight excluding hydrogens is 378 g/mol. The molecule has 144 valence electrons. The van der Waals surface area contributed by atoms with Gasteiger partial charge in [-0.1, -0.05) is 11.3 Å². The average Bonchev–Trinajstić information content (AvgIpc) is 3.41. The molecule has 28 heavy (non-hydrogen) atoms. The van der Waals surface area contributed by atoms with Gasteiger partial charge in [0.05, 0.1) is 35.1 Å². The van der Waals surface area contributed by atoms with Crippen LogP contribution in [0.15, 0.2) is 18.3 Å². The number of aryl methyl sites for hydroxylation is 2. The molecule has 2 aliphatic heterocycles. The van der Waals surface area contributed by atoms with Crippen molar-refractivity contribution in [2.75, 3.05) is 0 Å². The van der Waals surface area contributed by atoms with Crippen molar-refractivity contribution >= 4 is 29.2 Å². The van der Waals surface area contributed by atoms with Gasteiger partial charge in [0.15, 0.2) is 17.9 Å². The number of ether oxygens (including phenoxy) is 2. The van der Waals surface area contributed by atoms with Gasteiger partial charge in [0.1, 0.15) is 11.7 Å². The van der Waals surface area contributed by atoms with Gasteiger partial charge in [-0.15, -0.1) is 0 Å². The Morgan fingerprint density at radius 3 is 2.25 bits per heavy atom. The van der Waals surface area contributed by atoms with Crippen molar-refractivity contribution in [1.82, 2.24) is 4.98 Å². The molecule has 0 amide bonds. The first-order valence-electron chi connectivity index (χ1n) is 9.41. The van der Waals surface area contributed by atoms with Gasteiger partial charge < -0.3 is 9.47 Å². The van der Waals surface area contributed by atoms with E-state index < -0.39 is 5.92 Å². The number of nitrogens with zero attached hydrogens (tertiary/aromatic N) is 1. The molecule has 5 rings (SSSR count). The number of benzene rings is 1. The van der Waals surface area contributed by atoms with E-state index in [1.165, 1.54) is 6.20 Å². The summed E-state index contributed by atoms with van der Waals surface area (Å²) in [5.41, 5.74) is 2.49. The number of hydrogen-bond donors (Lipinski definition) is 0. The van der Waals surface area contributed by atoms with Gasteiger partial charge >= 0.3 is 0 Å². The van der Waals surface area contributed by atoms with Crippen LogP contribution in [0.3, 0.4) is 0 Å². The lowest BCUT2D eigenvalue weighted by molar-refractivity contribution is -0.127. The summed E-state index contributed by atoms with van der Waals surface area (Å²) in [6.07, 6.45) is 3.77. The molecule has 0 spiro atoms. The van der Waals surface area contributed by atoms with E-state index in [2.05, 4.69) is 4.98 Å². The molecule has 0 radical (unpaired) electrons. The third-order valence-corrected chi connectivity index (χ3v) is 6.98. The number of aromatic nitrogens is 1. The molecule has 0 N–H and O–H groups in total. The zero-order chi connectivity index (χ0) is 19.6. The van der Waals surface area contributed by atoms with E-state index in [-0.39, 0.29) is 35.6 Å². The number of ketones is 2. The standard InChI is InChI=1S/C21H19NO5S/c1-9-5-11(26-21-22-7-12(8-23)28-21)6-10(2)15(9)18-19(24)16-13-3-4-14(27-13)17(16)20(18)25/h5-8,13-14,16-18H,3-4H2,1-2H3. The van der Waals surface area contributed by atoms with Gasteiger partial charge in [-0.2, -0.15) is 0 Å². The Morgan fingerprint density at radius 2 is 1.71 bits per heavy atom. The Labute approximate surface area is 165 Å². The average molecular weight is 397 g/mol. The zero-order valence-electron chi connectivity index (χ0n) is 15.5. The summed E-state index contributed by atoms with van der Waals surface area (Å²) in [5.74, 6) is -0.647. The van der Waals surface area contributed by atoms with E-state index in [0.717, 1.165) is 47.2 Å². The van der Waals surface area contributed by atoms with Crippen LogP contribution in [0, 0.1) is 25.7 Å². The summed E-state index contributed by atoms with van der Waals surface area (Å²) in [7, 11) is 0. The molecule has 3 aliphatic rings. The van der Waals surface area contributed by atoms with Gasteiger partial charge in [0.2, 0.25) is 0 Å². The summed E-state index contributed by atoms with van der Waals surface area (Å²) >= 11 is 1.16. The van der Waals surface area contributed by atoms with Crippen LogP contribution in [0.5, 0.6) is 10.9 Å². The van der Waals surface area contributed by atoms with E-state index >= 15 is 0 Å². The maximum atomic E-state index is 13.1. The minimum atomic E-state index is -0.697. The summed E-state index contributed by atoms with van der Waals surface area (Å²) in [6.45, 7) is 3.79. The molecule has 3 heterocycles. The number of carbonyl (C=O) groups is 3. The second-order valence-electron chi connectivity index (χ2n) is 7.80. The van der Waals surface area contributed by atoms with Gasteiger partial charge in [0.25, 0.3) is 5.19 Å². The van der Waals surface area contributed by atoms with Crippen molar-refractivity contribution in [1.29, 1.82) is 0 Å². The predicted molar refractivity (Wildman–Crippen MR) is 101 cm³/mol. The molecule has 2 saturated heterocycles. The SMILES string of the molecule is Cc1cc(Oc2ncc(C=O)s2)cc(C)c1C1C(=O)C2C3CCC(O3)C2C1=O. The number of hydrogen-bond acceptors (Lipinski definition) is 7. The zero-order valence-corrected chi connectivity index (χ0v) is 16.3. The molecule has 2 bridgehead atoms. The molecule has 6 nitrogen and oxygen atoms in total. The lowest BCUT2D eigenvalue weighted by Crippen LogP contribution is -2.29. The smallest absolute Gasteiger partial charge is 0.279 e. The van der Waals surface area contributed by atoms with Gasteiger partial charge in [-0.3, -0.25) is 14.4 Å². The first-order valence-corrected chi connectivity index (χ1v) is 10.2. The fourth-order valence-corrected chi connectivity index (χ4v) is 5.73. The van der Waals surface area contributed by atoms with E-state index in [9.17, 15) is 14.4 Å². The third kappa shape index (κ3) is 2.49. The van der Waals surface area contributed by atoms with Gasteiger partial charge in [-0.25, -0.2) is 4.98 Å². The van der Waals surface area contributed by atoms with Gasteiger partial charge in [0, 0.05) is 0 Å². The number of carbonyl (C=O) groups excluding carboxylic acids is 3. The molecule has 4 unspecified atom stereocenters. The lowest BCUT2D eigenvalue weighted by Gasteiger charge is -2.18. The van der Waals surface area contributed by atoms with Crippen LogP contribution in [-0.4, -0.2) is 35.0 Å². The van der Waals surface area contributed by atoms with Crippen LogP contribution < -0.4 is 4.74 Å². The van der Waals surface area contributed by atoms with E-state index in [0.29, 0.717) is 15.8 Å². The Morgan fingerprint density at radius 1 is 1.11 bits per heavy atom. The quantitative estimate of drug-likeness (QED) is 0.581. The highest BCUT2D eigenvalue weighted by Gasteiger charge is 2.63. The molecule has 4 atom stereocenters. The molecule has 1 aromatic carbocycles. The first-order chi connectivity index (χ1) is 13.5. The van der Waals surface area contributed by atoms with Crippen LogP contribution >= 0.6 is 11.3 Å². The fourth-order valence-electron chi connectivity index (χ4n) is 5.13. The number of rotatable bonds is 4. The topological polar surface area (TPSA) is 82.6 Å². The minimum absolute atomic E-state index is 0.0117. The van der Waals surface area contributed by atoms with Crippen molar-refractivity contribution < 1.29 is 23.9 Å². The molecule has 3 fully saturated rings. The van der Waals surface area contributed by atoms with Crippen LogP contribution in [0.4, 0.5) is 0 Å². The summed E-state index contributed by atoms with van der Waals surface area (Å²) in [5, 5.41) is 0.380. The maximum absolute atomic E-state index is 13.1. The van der Waals surface area contributed by atoms with E-state index in [1.807, 2.05) is 26.0 Å². The van der Waals surface area contributed by atoms with Crippen LogP contribution in [0.25, 0.3) is 0 Å². The van der Waals surface area contributed by atoms with Gasteiger partial charge in [-0.05, 0) is 55.5 Å².